The van der Waals surface area contributed by atoms with Gasteiger partial charge in [-0.05, 0) is 83.9 Å². The lowest BCUT2D eigenvalue weighted by atomic mass is 10.0. The van der Waals surface area contributed by atoms with Gasteiger partial charge in [0.05, 0.1) is 6.10 Å². The van der Waals surface area contributed by atoms with Crippen LogP contribution in [0.15, 0.2) is 103 Å². The molecule has 374 valence electrons. The smallest absolute Gasteiger partial charge is 0.408 e. The summed E-state index contributed by atoms with van der Waals surface area (Å²) in [5.41, 5.74) is 2.73. The van der Waals surface area contributed by atoms with E-state index >= 15 is 0 Å². The minimum atomic E-state index is -1.83. The van der Waals surface area contributed by atoms with Crippen molar-refractivity contribution in [2.24, 2.45) is 5.92 Å². The molecule has 4 atom stereocenters. The molecule has 3 aromatic carbocycles. The SMILES string of the molecule is CC(C)C[C@H](NC(=O)OCc1ccccc1)C(=O)N[C@@H](CCC(=O)OC(C)(C)C)C(=O)N[C@H](C(=O)NN(CC(=O)OC(C)(C)C)C(=O)/C=C/C(=O)N(Cc1ccccc1)Cc1ccccc1)[C@@H](C)O. The summed E-state index contributed by atoms with van der Waals surface area (Å²) in [6.07, 6.45) is -1.29. The molecule has 0 aromatic heterocycles. The molecule has 0 aliphatic rings. The Labute approximate surface area is 404 Å². The van der Waals surface area contributed by atoms with Crippen LogP contribution in [0.3, 0.4) is 0 Å². The van der Waals surface area contributed by atoms with Gasteiger partial charge in [-0.2, -0.15) is 0 Å². The lowest BCUT2D eigenvalue weighted by Crippen LogP contribution is -2.61. The molecular weight excluding hydrogens is 889 g/mol. The Morgan fingerprint density at radius 3 is 1.58 bits per heavy atom. The van der Waals surface area contributed by atoms with Crippen LogP contribution in [0.4, 0.5) is 4.79 Å². The van der Waals surface area contributed by atoms with E-state index in [1.54, 1.807) is 71.9 Å². The van der Waals surface area contributed by atoms with Crippen molar-refractivity contribution in [2.45, 2.75) is 137 Å². The fourth-order valence-corrected chi connectivity index (χ4v) is 6.50. The standard InChI is InChI=1S/C51H68N6O12/c1-34(2)29-40(53-49(66)67-33-38-23-17-12-18-24-38)47(64)52-39(25-28-43(61)68-50(4,5)6)46(63)54-45(35(3)58)48(65)55-57(32-44(62)69-51(7,8)9)42(60)27-26-41(59)56(30-36-19-13-10-14-20-36)31-37-21-15-11-16-22-37/h10-24,26-27,34-35,39-40,45,58H,25,28-33H2,1-9H3,(H,52,64)(H,53,66)(H,54,63)(H,55,65)/b27-26+/t35-,39+,40+,45+/m1/s1. The first-order valence-electron chi connectivity index (χ1n) is 22.8. The monoisotopic (exact) mass is 956 g/mol. The summed E-state index contributed by atoms with van der Waals surface area (Å²) in [5.74, 6) is -6.40. The molecule has 3 aromatic rings. The second-order valence-electron chi connectivity index (χ2n) is 18.8. The summed E-state index contributed by atoms with van der Waals surface area (Å²) in [6, 6.07) is 22.7. The van der Waals surface area contributed by atoms with Crippen LogP contribution >= 0.6 is 0 Å². The van der Waals surface area contributed by atoms with Crippen molar-refractivity contribution < 1.29 is 57.7 Å². The molecule has 0 fully saturated rings. The number of esters is 2. The summed E-state index contributed by atoms with van der Waals surface area (Å²) in [4.78, 5) is 110. The molecule has 0 unspecified atom stereocenters. The summed E-state index contributed by atoms with van der Waals surface area (Å²) in [6.45, 7) is 14.0. The van der Waals surface area contributed by atoms with Crippen molar-refractivity contribution in [1.82, 2.24) is 31.3 Å². The number of hydrazine groups is 1. The number of benzene rings is 3. The number of amides is 6. The molecule has 5 N–H and O–H groups in total. The van der Waals surface area contributed by atoms with Gasteiger partial charge in [0, 0.05) is 31.7 Å². The molecule has 3 rings (SSSR count). The lowest BCUT2D eigenvalue weighted by Gasteiger charge is -2.29. The van der Waals surface area contributed by atoms with E-state index in [-0.39, 0.29) is 44.9 Å². The zero-order valence-electron chi connectivity index (χ0n) is 41.0. The number of alkyl carbamates (subject to hydrolysis) is 1. The van der Waals surface area contributed by atoms with Crippen molar-refractivity contribution in [2.75, 3.05) is 6.54 Å². The summed E-state index contributed by atoms with van der Waals surface area (Å²) in [7, 11) is 0. The zero-order valence-corrected chi connectivity index (χ0v) is 41.0. The van der Waals surface area contributed by atoms with Crippen molar-refractivity contribution in [3.8, 4) is 0 Å². The third-order valence-electron chi connectivity index (χ3n) is 9.61. The van der Waals surface area contributed by atoms with E-state index in [1.807, 2.05) is 74.5 Å². The quantitative estimate of drug-likeness (QED) is 0.0396. The number of hydrogen-bond donors (Lipinski definition) is 5. The molecule has 18 nitrogen and oxygen atoms in total. The molecule has 69 heavy (non-hydrogen) atoms. The summed E-state index contributed by atoms with van der Waals surface area (Å²) >= 11 is 0. The third-order valence-corrected chi connectivity index (χ3v) is 9.61. The molecular formula is C51H68N6O12. The van der Waals surface area contributed by atoms with E-state index in [0.29, 0.717) is 10.6 Å². The number of ether oxygens (including phenoxy) is 3. The number of carbonyl (C=O) groups excluding carboxylic acids is 8. The van der Waals surface area contributed by atoms with E-state index in [4.69, 9.17) is 14.2 Å². The van der Waals surface area contributed by atoms with Crippen LogP contribution in [-0.2, 0) is 67.5 Å². The van der Waals surface area contributed by atoms with Gasteiger partial charge in [0.25, 0.3) is 11.8 Å². The van der Waals surface area contributed by atoms with Crippen LogP contribution in [0.25, 0.3) is 0 Å². The fourth-order valence-electron chi connectivity index (χ4n) is 6.50. The van der Waals surface area contributed by atoms with Gasteiger partial charge in [-0.3, -0.25) is 39.0 Å². The number of aliphatic hydroxyl groups excluding tert-OH is 1. The van der Waals surface area contributed by atoms with E-state index in [2.05, 4.69) is 21.4 Å². The van der Waals surface area contributed by atoms with Crippen LogP contribution in [0.5, 0.6) is 0 Å². The Morgan fingerprint density at radius 1 is 0.609 bits per heavy atom. The minimum absolute atomic E-state index is 0.0796. The maximum Gasteiger partial charge on any atom is 0.408 e. The van der Waals surface area contributed by atoms with Crippen molar-refractivity contribution in [3.63, 3.8) is 0 Å². The van der Waals surface area contributed by atoms with Gasteiger partial charge in [-0.25, -0.2) is 9.80 Å². The van der Waals surface area contributed by atoms with Gasteiger partial charge in [-0.15, -0.1) is 0 Å². The Kier molecular flexibility index (Phi) is 22.1. The highest BCUT2D eigenvalue weighted by atomic mass is 16.6. The normalized spacial score (nSPS) is 13.2. The first kappa shape index (κ1) is 56.2. The van der Waals surface area contributed by atoms with Crippen LogP contribution in [0.1, 0.15) is 98.3 Å². The fraction of sp³-hybridized carbons (Fsp3) is 0.451. The number of rotatable bonds is 22. The minimum Gasteiger partial charge on any atom is -0.460 e. The molecule has 0 heterocycles. The van der Waals surface area contributed by atoms with Crippen molar-refractivity contribution in [3.05, 3.63) is 120 Å². The number of hydrogen-bond acceptors (Lipinski definition) is 12. The average molecular weight is 957 g/mol. The zero-order chi connectivity index (χ0) is 51.3. The first-order chi connectivity index (χ1) is 32.4. The van der Waals surface area contributed by atoms with E-state index in [1.165, 1.54) is 11.8 Å². The van der Waals surface area contributed by atoms with Crippen LogP contribution in [0.2, 0.25) is 0 Å². The number of carbonyl (C=O) groups is 8. The van der Waals surface area contributed by atoms with Crippen LogP contribution < -0.4 is 21.4 Å². The van der Waals surface area contributed by atoms with Gasteiger partial charge in [0.15, 0.2) is 0 Å². The molecule has 0 bridgehead atoms. The highest BCUT2D eigenvalue weighted by Gasteiger charge is 2.34. The molecule has 0 aliphatic carbocycles. The van der Waals surface area contributed by atoms with E-state index in [0.717, 1.165) is 23.3 Å². The highest BCUT2D eigenvalue weighted by Crippen LogP contribution is 2.15. The maximum absolute atomic E-state index is 14.1. The van der Waals surface area contributed by atoms with Gasteiger partial charge >= 0.3 is 18.0 Å². The second kappa shape index (κ2) is 27.1. The Hall–Kier alpha value is -7.08. The first-order valence-corrected chi connectivity index (χ1v) is 22.8. The van der Waals surface area contributed by atoms with Crippen molar-refractivity contribution in [1.29, 1.82) is 0 Å². The number of nitrogens with one attached hydrogen (secondary N) is 4. The van der Waals surface area contributed by atoms with Gasteiger partial charge in [0.1, 0.15) is 42.5 Å². The summed E-state index contributed by atoms with van der Waals surface area (Å²) < 4.78 is 16.1. The topological polar surface area (TPSA) is 239 Å². The van der Waals surface area contributed by atoms with E-state index in [9.17, 15) is 43.5 Å². The molecule has 0 radical (unpaired) electrons. The molecule has 0 spiro atoms. The highest BCUT2D eigenvalue weighted by molar-refractivity contribution is 5.99. The molecule has 0 aliphatic heterocycles. The maximum atomic E-state index is 14.1. The lowest BCUT2D eigenvalue weighted by molar-refractivity contribution is -0.161. The second-order valence-corrected chi connectivity index (χ2v) is 18.8. The van der Waals surface area contributed by atoms with Crippen LogP contribution in [0, 0.1) is 5.92 Å². The van der Waals surface area contributed by atoms with Gasteiger partial charge in [0.2, 0.25) is 17.7 Å². The van der Waals surface area contributed by atoms with Gasteiger partial charge in [-0.1, -0.05) is 105 Å². The molecule has 6 amide bonds. The number of nitrogens with zero attached hydrogens (tertiary/aromatic N) is 2. The predicted octanol–water partition coefficient (Wildman–Crippen LogP) is 4.79. The van der Waals surface area contributed by atoms with Gasteiger partial charge < -0.3 is 40.2 Å². The number of aliphatic hydroxyl groups is 1. The largest absolute Gasteiger partial charge is 0.460 e. The average Bonchev–Trinajstić information content (AvgIpc) is 3.26. The van der Waals surface area contributed by atoms with E-state index < -0.39 is 89.5 Å². The summed E-state index contributed by atoms with van der Waals surface area (Å²) in [5, 5.41) is 18.9. The molecule has 0 saturated carbocycles. The third kappa shape index (κ3) is 22.1. The molecule has 18 heteroatoms. The predicted molar refractivity (Wildman–Crippen MR) is 256 cm³/mol. The Bertz CT molecular complexity index is 2160. The Balaban J connectivity index is 1.88. The van der Waals surface area contributed by atoms with Crippen molar-refractivity contribution >= 4 is 47.6 Å². The van der Waals surface area contributed by atoms with Crippen LogP contribution in [-0.4, -0.2) is 105 Å². The Morgan fingerprint density at radius 2 is 1.09 bits per heavy atom. The molecule has 0 saturated heterocycles.